The van der Waals surface area contributed by atoms with Crippen LogP contribution in [0.5, 0.6) is 11.5 Å². The minimum absolute atomic E-state index is 0.0847. The van der Waals surface area contributed by atoms with Crippen LogP contribution in [0.1, 0.15) is 19.4 Å². The molecule has 0 fully saturated rings. The van der Waals surface area contributed by atoms with E-state index >= 15 is 0 Å². The lowest BCUT2D eigenvalue weighted by atomic mass is 10.2. The van der Waals surface area contributed by atoms with E-state index in [-0.39, 0.29) is 12.6 Å². The first-order valence-electron chi connectivity index (χ1n) is 7.67. The highest BCUT2D eigenvalue weighted by atomic mass is 35.5. The van der Waals surface area contributed by atoms with Gasteiger partial charge in [0.1, 0.15) is 0 Å². The van der Waals surface area contributed by atoms with E-state index in [2.05, 4.69) is 5.32 Å². The third kappa shape index (κ3) is 7.43. The number of benzene rings is 1. The number of ether oxygens (including phenoxy) is 3. The fraction of sp³-hybridized carbons (Fsp3) is 0.353. The number of carbonyl (C=O) groups is 3. The Hall–Kier alpha value is -2.74. The molecule has 0 atom stereocenters. The van der Waals surface area contributed by atoms with Gasteiger partial charge in [-0.15, -0.1) is 0 Å². The molecule has 142 valence electrons. The van der Waals surface area contributed by atoms with Crippen molar-refractivity contribution in [1.82, 2.24) is 5.32 Å². The van der Waals surface area contributed by atoms with Crippen LogP contribution in [-0.4, -0.2) is 44.1 Å². The molecule has 0 aliphatic carbocycles. The van der Waals surface area contributed by atoms with Crippen LogP contribution < -0.4 is 20.5 Å². The van der Waals surface area contributed by atoms with E-state index < -0.39 is 24.4 Å². The number of primary amides is 1. The molecule has 0 saturated carbocycles. The Morgan fingerprint density at radius 3 is 2.58 bits per heavy atom. The molecule has 0 aliphatic rings. The summed E-state index contributed by atoms with van der Waals surface area (Å²) in [7, 11) is 1.48. The summed E-state index contributed by atoms with van der Waals surface area (Å²) in [5, 5.41) is 2.52. The number of esters is 1. The van der Waals surface area contributed by atoms with Gasteiger partial charge >= 0.3 is 5.97 Å². The molecule has 0 aliphatic heterocycles. The Balaban J connectivity index is 2.69. The lowest BCUT2D eigenvalue weighted by Gasteiger charge is -2.15. The summed E-state index contributed by atoms with van der Waals surface area (Å²) in [4.78, 5) is 33.5. The van der Waals surface area contributed by atoms with Crippen LogP contribution in [0.2, 0.25) is 5.02 Å². The van der Waals surface area contributed by atoms with Crippen LogP contribution in [0.15, 0.2) is 18.2 Å². The highest BCUT2D eigenvalue weighted by Crippen LogP contribution is 2.37. The van der Waals surface area contributed by atoms with Crippen LogP contribution in [-0.2, 0) is 19.1 Å². The summed E-state index contributed by atoms with van der Waals surface area (Å²) in [5.41, 5.74) is 5.46. The molecule has 0 saturated heterocycles. The van der Waals surface area contributed by atoms with E-state index in [4.69, 9.17) is 31.5 Å². The summed E-state index contributed by atoms with van der Waals surface area (Å²) in [5.74, 6) is -1.23. The third-order valence-corrected chi connectivity index (χ3v) is 3.10. The van der Waals surface area contributed by atoms with E-state index in [0.717, 1.165) is 6.08 Å². The van der Waals surface area contributed by atoms with Crippen molar-refractivity contribution >= 4 is 35.5 Å². The van der Waals surface area contributed by atoms with Crippen molar-refractivity contribution in [2.24, 2.45) is 5.73 Å². The van der Waals surface area contributed by atoms with Gasteiger partial charge in [0.2, 0.25) is 5.91 Å². The zero-order valence-corrected chi connectivity index (χ0v) is 15.5. The minimum Gasteiger partial charge on any atom is -0.493 e. The highest BCUT2D eigenvalue weighted by molar-refractivity contribution is 6.32. The molecule has 26 heavy (non-hydrogen) atoms. The molecule has 0 bridgehead atoms. The van der Waals surface area contributed by atoms with Crippen molar-refractivity contribution in [3.8, 4) is 11.5 Å². The number of methoxy groups -OCH3 is 1. The first kappa shape index (κ1) is 21.3. The number of hydrogen-bond acceptors (Lipinski definition) is 6. The van der Waals surface area contributed by atoms with Crippen LogP contribution in [0.3, 0.4) is 0 Å². The van der Waals surface area contributed by atoms with E-state index in [0.29, 0.717) is 22.1 Å². The van der Waals surface area contributed by atoms with Crippen LogP contribution in [0, 0.1) is 0 Å². The van der Waals surface area contributed by atoms with Gasteiger partial charge in [-0.2, -0.15) is 0 Å². The summed E-state index contributed by atoms with van der Waals surface area (Å²) >= 11 is 6.19. The Morgan fingerprint density at radius 1 is 1.31 bits per heavy atom. The number of hydrogen-bond donors (Lipinski definition) is 2. The Bertz CT molecular complexity index is 703. The fourth-order valence-corrected chi connectivity index (χ4v) is 2.04. The summed E-state index contributed by atoms with van der Waals surface area (Å²) in [6.07, 6.45) is 2.51. The zero-order chi connectivity index (χ0) is 19.7. The first-order chi connectivity index (χ1) is 12.2. The van der Waals surface area contributed by atoms with Crippen LogP contribution in [0.25, 0.3) is 6.08 Å². The molecule has 2 amide bonds. The average molecular weight is 385 g/mol. The molecular weight excluding hydrogens is 364 g/mol. The minimum atomic E-state index is -0.739. The molecule has 3 N–H and O–H groups in total. The molecule has 1 aromatic rings. The Kier molecular flexibility index (Phi) is 8.44. The normalized spacial score (nSPS) is 10.7. The first-order valence-corrected chi connectivity index (χ1v) is 8.04. The smallest absolute Gasteiger partial charge is 0.331 e. The van der Waals surface area contributed by atoms with E-state index in [1.165, 1.54) is 13.2 Å². The van der Waals surface area contributed by atoms with Crippen molar-refractivity contribution in [3.63, 3.8) is 0 Å². The van der Waals surface area contributed by atoms with Gasteiger partial charge in [0.25, 0.3) is 5.91 Å². The maximum atomic E-state index is 11.6. The maximum absolute atomic E-state index is 11.6. The monoisotopic (exact) mass is 384 g/mol. The molecule has 0 spiro atoms. The van der Waals surface area contributed by atoms with Gasteiger partial charge in [0.05, 0.1) is 24.8 Å². The zero-order valence-electron chi connectivity index (χ0n) is 14.7. The van der Waals surface area contributed by atoms with E-state index in [9.17, 15) is 14.4 Å². The standard InChI is InChI=1S/C17H21ClN2O6/c1-10(2)26-17-12(18)6-11(7-13(17)24-3)4-5-16(23)25-9-15(22)20-8-14(19)21/h4-7,10H,8-9H2,1-3H3,(H2,19,21)(H,20,22)/b5-4+. The summed E-state index contributed by atoms with van der Waals surface area (Å²) < 4.78 is 15.6. The highest BCUT2D eigenvalue weighted by Gasteiger charge is 2.13. The number of carbonyl (C=O) groups excluding carboxylic acids is 3. The molecule has 0 heterocycles. The largest absolute Gasteiger partial charge is 0.493 e. The number of rotatable bonds is 9. The summed E-state index contributed by atoms with van der Waals surface area (Å²) in [6.45, 7) is 2.87. The fourth-order valence-electron chi connectivity index (χ4n) is 1.77. The molecule has 1 rings (SSSR count). The van der Waals surface area contributed by atoms with Crippen molar-refractivity contribution in [2.45, 2.75) is 20.0 Å². The topological polar surface area (TPSA) is 117 Å². The second-order valence-corrected chi connectivity index (χ2v) is 5.79. The number of halogens is 1. The van der Waals surface area contributed by atoms with Crippen molar-refractivity contribution in [1.29, 1.82) is 0 Å². The van der Waals surface area contributed by atoms with Crippen LogP contribution in [0.4, 0.5) is 0 Å². The molecule has 0 radical (unpaired) electrons. The lowest BCUT2D eigenvalue weighted by molar-refractivity contribution is -0.143. The maximum Gasteiger partial charge on any atom is 0.331 e. The predicted octanol–water partition coefficient (Wildman–Crippen LogP) is 1.29. The average Bonchev–Trinajstić information content (AvgIpc) is 2.57. The molecule has 8 nitrogen and oxygen atoms in total. The van der Waals surface area contributed by atoms with Gasteiger partial charge in [0, 0.05) is 6.08 Å². The molecular formula is C17H21ClN2O6. The predicted molar refractivity (Wildman–Crippen MR) is 96.0 cm³/mol. The number of nitrogens with one attached hydrogen (secondary N) is 1. The second-order valence-electron chi connectivity index (χ2n) is 5.38. The van der Waals surface area contributed by atoms with Gasteiger partial charge in [-0.05, 0) is 37.6 Å². The lowest BCUT2D eigenvalue weighted by Crippen LogP contribution is -2.35. The van der Waals surface area contributed by atoms with Gasteiger partial charge in [-0.1, -0.05) is 11.6 Å². The van der Waals surface area contributed by atoms with E-state index in [1.54, 1.807) is 12.1 Å². The second kappa shape index (κ2) is 10.3. The SMILES string of the molecule is COc1cc(/C=C/C(=O)OCC(=O)NCC(N)=O)cc(Cl)c1OC(C)C. The molecule has 1 aromatic carbocycles. The number of nitrogens with two attached hydrogens (primary N) is 1. The third-order valence-electron chi connectivity index (χ3n) is 2.82. The van der Waals surface area contributed by atoms with Gasteiger partial charge in [-0.3, -0.25) is 9.59 Å². The van der Waals surface area contributed by atoms with Crippen molar-refractivity contribution in [2.75, 3.05) is 20.3 Å². The molecule has 9 heteroatoms. The summed E-state index contributed by atoms with van der Waals surface area (Å²) in [6, 6.07) is 3.25. The van der Waals surface area contributed by atoms with Gasteiger partial charge < -0.3 is 25.3 Å². The quantitative estimate of drug-likeness (QED) is 0.489. The van der Waals surface area contributed by atoms with Gasteiger partial charge in [0.15, 0.2) is 18.1 Å². The van der Waals surface area contributed by atoms with Crippen LogP contribution >= 0.6 is 11.6 Å². The van der Waals surface area contributed by atoms with Crippen molar-refractivity contribution < 1.29 is 28.6 Å². The number of amides is 2. The van der Waals surface area contributed by atoms with E-state index in [1.807, 2.05) is 13.8 Å². The Labute approximate surface area is 156 Å². The Morgan fingerprint density at radius 2 is 2.00 bits per heavy atom. The molecule has 0 aromatic heterocycles. The van der Waals surface area contributed by atoms with Gasteiger partial charge in [-0.25, -0.2) is 4.79 Å². The molecule has 0 unspecified atom stereocenters. The van der Waals surface area contributed by atoms with Crippen molar-refractivity contribution in [3.05, 3.63) is 28.8 Å².